The molecule has 2 unspecified atom stereocenters. The Morgan fingerprint density at radius 2 is 1.85 bits per heavy atom. The summed E-state index contributed by atoms with van der Waals surface area (Å²) >= 11 is 0. The first-order valence-electron chi connectivity index (χ1n) is 12.1. The van der Waals surface area contributed by atoms with Gasteiger partial charge in [0, 0.05) is 43.2 Å². The van der Waals surface area contributed by atoms with E-state index >= 15 is 0 Å². The number of carbonyl (C=O) groups is 2. The van der Waals surface area contributed by atoms with Gasteiger partial charge in [-0.15, -0.1) is 0 Å². The van der Waals surface area contributed by atoms with Crippen LogP contribution < -0.4 is 10.4 Å². The van der Waals surface area contributed by atoms with Gasteiger partial charge in [0.25, 0.3) is 0 Å². The third kappa shape index (κ3) is 4.44. The molecule has 1 N–H and O–H groups in total. The second-order valence-corrected chi connectivity index (χ2v) is 9.77. The maximum Gasteiger partial charge on any atom is 0.228 e. The molecule has 0 spiro atoms. The Morgan fingerprint density at radius 1 is 1.06 bits per heavy atom. The number of hydrogen-bond donors (Lipinski definition) is 1. The summed E-state index contributed by atoms with van der Waals surface area (Å²) in [5, 5.41) is 0. The Kier molecular flexibility index (Phi) is 6.13. The molecular formula is C27H32N4O3. The van der Waals surface area contributed by atoms with Crippen LogP contribution in [0.15, 0.2) is 47.5 Å². The summed E-state index contributed by atoms with van der Waals surface area (Å²) in [7, 11) is 0. The Hall–Kier alpha value is -3.19. The van der Waals surface area contributed by atoms with E-state index in [1.807, 2.05) is 42.2 Å². The van der Waals surface area contributed by atoms with Crippen LogP contribution in [0, 0.1) is 32.6 Å². The monoisotopic (exact) mass is 460 g/mol. The first kappa shape index (κ1) is 22.6. The van der Waals surface area contributed by atoms with Gasteiger partial charge >= 0.3 is 0 Å². The molecule has 2 aromatic carbocycles. The van der Waals surface area contributed by atoms with E-state index in [0.717, 1.165) is 35.5 Å². The zero-order chi connectivity index (χ0) is 23.8. The normalized spacial score (nSPS) is 23.3. The number of benzene rings is 2. The molecule has 7 heteroatoms. The van der Waals surface area contributed by atoms with Crippen LogP contribution in [0.4, 0.5) is 5.69 Å². The first-order chi connectivity index (χ1) is 16.4. The minimum Gasteiger partial charge on any atom is -0.342 e. The molecule has 0 radical (unpaired) electrons. The minimum atomic E-state index is -0.324. The maximum atomic E-state index is 13.2. The average molecular weight is 461 g/mol. The summed E-state index contributed by atoms with van der Waals surface area (Å²) in [6.45, 7) is 7.97. The molecule has 178 valence electrons. The lowest BCUT2D eigenvalue weighted by atomic mass is 9.94. The van der Waals surface area contributed by atoms with Crippen molar-refractivity contribution in [1.29, 1.82) is 0 Å². The first-order valence-corrected chi connectivity index (χ1v) is 12.1. The average Bonchev–Trinajstić information content (AvgIpc) is 3.48. The van der Waals surface area contributed by atoms with E-state index in [9.17, 15) is 9.59 Å². The van der Waals surface area contributed by atoms with Crippen molar-refractivity contribution >= 4 is 23.3 Å². The molecule has 0 aromatic heterocycles. The largest absolute Gasteiger partial charge is 0.342 e. The van der Waals surface area contributed by atoms with Crippen LogP contribution in [0.25, 0.3) is 0 Å². The van der Waals surface area contributed by atoms with Gasteiger partial charge in [0.15, 0.2) is 0 Å². The molecule has 2 aromatic rings. The Balaban J connectivity index is 1.17. The van der Waals surface area contributed by atoms with E-state index < -0.39 is 0 Å². The Labute approximate surface area is 200 Å². The fourth-order valence-corrected chi connectivity index (χ4v) is 5.10. The maximum absolute atomic E-state index is 13.2. The number of likely N-dealkylation sites (tertiary alicyclic amines) is 1. The third-order valence-electron chi connectivity index (χ3n) is 7.33. The minimum absolute atomic E-state index is 0.0281. The molecule has 2 amide bonds. The predicted molar refractivity (Wildman–Crippen MR) is 131 cm³/mol. The molecule has 2 atom stereocenters. The van der Waals surface area contributed by atoms with Crippen molar-refractivity contribution in [3.8, 4) is 0 Å². The molecule has 7 nitrogen and oxygen atoms in total. The van der Waals surface area contributed by atoms with E-state index in [1.54, 1.807) is 4.90 Å². The lowest BCUT2D eigenvalue weighted by Crippen LogP contribution is -2.44. The van der Waals surface area contributed by atoms with Gasteiger partial charge in [-0.1, -0.05) is 35.9 Å². The fraction of sp³-hybridized carbons (Fsp3) is 0.444. The van der Waals surface area contributed by atoms with Gasteiger partial charge in [-0.3, -0.25) is 15.1 Å². The second-order valence-electron chi connectivity index (χ2n) is 9.77. The molecule has 0 aliphatic carbocycles. The number of amidine groups is 1. The molecule has 34 heavy (non-hydrogen) atoms. The number of aliphatic imine (C=N–C) groups is 1. The van der Waals surface area contributed by atoms with Crippen molar-refractivity contribution in [2.45, 2.75) is 46.3 Å². The SMILES string of the molecule is Cc1cccc(C2N=C(C3CCN(C(=O)C4CC(=O)N(c5ccc(C)c(C)c5)C4)CC3)NO2)c1. The molecule has 0 bridgehead atoms. The summed E-state index contributed by atoms with van der Waals surface area (Å²) in [6, 6.07) is 14.2. The Bertz CT molecular complexity index is 1140. The number of amides is 2. The molecule has 0 saturated carbocycles. The van der Waals surface area contributed by atoms with Gasteiger partial charge in [0.1, 0.15) is 5.84 Å². The van der Waals surface area contributed by atoms with E-state index in [1.165, 1.54) is 11.1 Å². The number of anilines is 1. The number of piperidine rings is 1. The summed E-state index contributed by atoms with van der Waals surface area (Å²) in [5.74, 6) is 0.960. The molecule has 2 fully saturated rings. The van der Waals surface area contributed by atoms with Gasteiger partial charge in [-0.25, -0.2) is 9.83 Å². The summed E-state index contributed by atoms with van der Waals surface area (Å²) in [4.78, 5) is 40.1. The van der Waals surface area contributed by atoms with E-state index in [0.29, 0.717) is 19.6 Å². The topological polar surface area (TPSA) is 74.2 Å². The highest BCUT2D eigenvalue weighted by atomic mass is 16.7. The van der Waals surface area contributed by atoms with Crippen LogP contribution in [0.5, 0.6) is 0 Å². The van der Waals surface area contributed by atoms with Crippen LogP contribution in [0.3, 0.4) is 0 Å². The highest BCUT2D eigenvalue weighted by Gasteiger charge is 2.39. The van der Waals surface area contributed by atoms with Crippen LogP contribution >= 0.6 is 0 Å². The van der Waals surface area contributed by atoms with Gasteiger partial charge < -0.3 is 9.80 Å². The standard InChI is InChI=1S/C27H32N4O3/c1-17-5-4-6-21(13-17)26-28-25(29-34-26)20-9-11-30(12-10-20)27(33)22-15-24(32)31(16-22)23-8-7-18(2)19(3)14-23/h4-8,13-14,20,22,26H,9-12,15-16H2,1-3H3,(H,28,29). The van der Waals surface area contributed by atoms with Gasteiger partial charge in [0.05, 0.1) is 5.92 Å². The van der Waals surface area contributed by atoms with E-state index in [2.05, 4.69) is 31.5 Å². The van der Waals surface area contributed by atoms with Gasteiger partial charge in [0.2, 0.25) is 18.0 Å². The number of rotatable bonds is 4. The lowest BCUT2D eigenvalue weighted by Gasteiger charge is -2.33. The Morgan fingerprint density at radius 3 is 2.59 bits per heavy atom. The van der Waals surface area contributed by atoms with Gasteiger partial charge in [-0.05, 0) is 56.9 Å². The van der Waals surface area contributed by atoms with Crippen molar-refractivity contribution in [2.24, 2.45) is 16.8 Å². The smallest absolute Gasteiger partial charge is 0.228 e. The third-order valence-corrected chi connectivity index (χ3v) is 7.33. The molecule has 3 aliphatic rings. The van der Waals surface area contributed by atoms with E-state index in [-0.39, 0.29) is 36.3 Å². The molecular weight excluding hydrogens is 428 g/mol. The molecule has 2 saturated heterocycles. The second kappa shape index (κ2) is 9.22. The van der Waals surface area contributed by atoms with Crippen molar-refractivity contribution in [3.05, 3.63) is 64.7 Å². The number of hydroxylamine groups is 1. The van der Waals surface area contributed by atoms with Crippen LogP contribution in [-0.4, -0.2) is 42.2 Å². The molecule has 3 aliphatic heterocycles. The highest BCUT2D eigenvalue weighted by molar-refractivity contribution is 6.00. The molecule has 3 heterocycles. The molecule has 5 rings (SSSR count). The van der Waals surface area contributed by atoms with Crippen molar-refractivity contribution in [1.82, 2.24) is 10.4 Å². The van der Waals surface area contributed by atoms with Crippen molar-refractivity contribution < 1.29 is 14.4 Å². The highest BCUT2D eigenvalue weighted by Crippen LogP contribution is 2.31. The quantitative estimate of drug-likeness (QED) is 0.753. The van der Waals surface area contributed by atoms with Crippen LogP contribution in [0.1, 0.15) is 47.7 Å². The van der Waals surface area contributed by atoms with Crippen LogP contribution in [-0.2, 0) is 14.4 Å². The number of carbonyl (C=O) groups excluding carboxylic acids is 2. The summed E-state index contributed by atoms with van der Waals surface area (Å²) in [5.41, 5.74) is 8.48. The summed E-state index contributed by atoms with van der Waals surface area (Å²) < 4.78 is 0. The van der Waals surface area contributed by atoms with Gasteiger partial charge in [-0.2, -0.15) is 0 Å². The van der Waals surface area contributed by atoms with Crippen LogP contribution in [0.2, 0.25) is 0 Å². The van der Waals surface area contributed by atoms with Crippen molar-refractivity contribution in [3.63, 3.8) is 0 Å². The fourth-order valence-electron chi connectivity index (χ4n) is 5.10. The number of nitrogens with one attached hydrogen (secondary N) is 1. The summed E-state index contributed by atoms with van der Waals surface area (Å²) in [6.07, 6.45) is 1.63. The number of nitrogens with zero attached hydrogens (tertiary/aromatic N) is 3. The van der Waals surface area contributed by atoms with Crippen molar-refractivity contribution in [2.75, 3.05) is 24.5 Å². The van der Waals surface area contributed by atoms with E-state index in [4.69, 9.17) is 9.83 Å². The predicted octanol–water partition coefficient (Wildman–Crippen LogP) is 3.84. The number of hydrogen-bond acceptors (Lipinski definition) is 5. The zero-order valence-electron chi connectivity index (χ0n) is 20.1. The zero-order valence-corrected chi connectivity index (χ0v) is 20.1. The lowest BCUT2D eigenvalue weighted by molar-refractivity contribution is -0.136. The number of aryl methyl sites for hydroxylation is 3.